The molecule has 0 spiro atoms. The lowest BCUT2D eigenvalue weighted by molar-refractivity contribution is 0.105. The quantitative estimate of drug-likeness (QED) is 0.669. The van der Waals surface area contributed by atoms with Gasteiger partial charge >= 0.3 is 0 Å². The molecule has 0 saturated heterocycles. The fraction of sp³-hybridized carbons (Fsp3) is 0.235. The molecular weight excluding hydrogens is 266 g/mol. The first kappa shape index (κ1) is 13.1. The molecule has 0 unspecified atom stereocenters. The molecule has 1 aromatic heterocycles. The molecule has 3 rings (SSSR count). The monoisotopic (exact) mass is 283 g/mol. The smallest absolute Gasteiger partial charge is 0.197 e. The maximum absolute atomic E-state index is 12.3. The molecule has 1 aromatic carbocycles. The van der Waals surface area contributed by atoms with E-state index in [0.717, 1.165) is 22.6 Å². The van der Waals surface area contributed by atoms with Crippen LogP contribution in [0.1, 0.15) is 34.6 Å². The zero-order valence-electron chi connectivity index (χ0n) is 11.6. The predicted molar refractivity (Wildman–Crippen MR) is 84.0 cm³/mol. The minimum Gasteiger partial charge on any atom is -0.379 e. The highest BCUT2D eigenvalue weighted by molar-refractivity contribution is 7.12. The number of ketones is 1. The summed E-state index contributed by atoms with van der Waals surface area (Å²) in [5, 5.41) is 5.42. The van der Waals surface area contributed by atoms with Crippen molar-refractivity contribution in [2.45, 2.75) is 25.8 Å². The average Bonchev–Trinajstić information content (AvgIpc) is 2.91. The predicted octanol–water partition coefficient (Wildman–Crippen LogP) is 3.90. The second-order valence-corrected chi connectivity index (χ2v) is 6.69. The number of carbonyl (C=O) groups excluding carboxylic acids is 1. The van der Waals surface area contributed by atoms with Crippen LogP contribution in [-0.2, 0) is 6.42 Å². The molecule has 20 heavy (non-hydrogen) atoms. The summed E-state index contributed by atoms with van der Waals surface area (Å²) < 4.78 is 0. The number of hydrogen-bond acceptors (Lipinski definition) is 3. The van der Waals surface area contributed by atoms with Crippen molar-refractivity contribution in [2.75, 3.05) is 0 Å². The lowest BCUT2D eigenvalue weighted by atomic mass is 9.85. The van der Waals surface area contributed by atoms with Gasteiger partial charge in [-0.25, -0.2) is 0 Å². The van der Waals surface area contributed by atoms with E-state index in [4.69, 9.17) is 0 Å². The van der Waals surface area contributed by atoms with Crippen LogP contribution in [0, 0.1) is 0 Å². The molecule has 0 radical (unpaired) electrons. The van der Waals surface area contributed by atoms with E-state index in [9.17, 15) is 4.79 Å². The van der Waals surface area contributed by atoms with Crippen molar-refractivity contribution in [3.63, 3.8) is 0 Å². The fourth-order valence-electron chi connectivity index (χ4n) is 2.62. The van der Waals surface area contributed by atoms with Gasteiger partial charge in [0.1, 0.15) is 0 Å². The largest absolute Gasteiger partial charge is 0.379 e. The second kappa shape index (κ2) is 4.91. The lowest BCUT2D eigenvalue weighted by Gasteiger charge is -2.35. The summed E-state index contributed by atoms with van der Waals surface area (Å²) >= 11 is 1.48. The zero-order chi connectivity index (χ0) is 14.2. The number of nitrogens with one attached hydrogen (secondary N) is 1. The van der Waals surface area contributed by atoms with Crippen LogP contribution in [0.4, 0.5) is 0 Å². The number of thiophene rings is 1. The molecule has 2 aromatic rings. The lowest BCUT2D eigenvalue weighted by Crippen LogP contribution is -2.43. The third kappa shape index (κ3) is 2.54. The van der Waals surface area contributed by atoms with E-state index in [0.29, 0.717) is 0 Å². The molecule has 1 aliphatic heterocycles. The molecule has 3 heteroatoms. The maximum Gasteiger partial charge on any atom is 0.197 e. The van der Waals surface area contributed by atoms with E-state index < -0.39 is 0 Å². The van der Waals surface area contributed by atoms with Gasteiger partial charge in [0.2, 0.25) is 0 Å². The highest BCUT2D eigenvalue weighted by atomic mass is 32.1. The Morgan fingerprint density at radius 1 is 1.25 bits per heavy atom. The summed E-state index contributed by atoms with van der Waals surface area (Å²) in [7, 11) is 0. The molecule has 102 valence electrons. The molecule has 0 amide bonds. The Morgan fingerprint density at radius 2 is 2.05 bits per heavy atom. The van der Waals surface area contributed by atoms with Crippen molar-refractivity contribution in [1.82, 2.24) is 5.32 Å². The average molecular weight is 283 g/mol. The topological polar surface area (TPSA) is 29.1 Å². The Morgan fingerprint density at radius 3 is 2.80 bits per heavy atom. The van der Waals surface area contributed by atoms with E-state index in [1.54, 1.807) is 6.08 Å². The third-order valence-corrected chi connectivity index (χ3v) is 4.34. The third-order valence-electron chi connectivity index (χ3n) is 3.45. The number of hydrogen-bond donors (Lipinski definition) is 1. The standard InChI is InChI=1S/C17H17NOS/c1-17(2)11-12-6-3-4-7-13(12)14(18-17)10-15(19)16-8-5-9-20-16/h3-10,18H,11H2,1-2H3/b14-10-. The first-order valence-electron chi connectivity index (χ1n) is 6.71. The molecule has 0 aliphatic carbocycles. The molecule has 1 aliphatic rings. The van der Waals surface area contributed by atoms with Gasteiger partial charge in [-0.05, 0) is 37.3 Å². The number of allylic oxidation sites excluding steroid dienone is 1. The van der Waals surface area contributed by atoms with Gasteiger partial charge < -0.3 is 5.32 Å². The minimum absolute atomic E-state index is 0.0318. The van der Waals surface area contributed by atoms with Crippen LogP contribution in [0.25, 0.3) is 5.70 Å². The van der Waals surface area contributed by atoms with Crippen molar-refractivity contribution >= 4 is 22.8 Å². The van der Waals surface area contributed by atoms with E-state index in [2.05, 4.69) is 37.4 Å². The molecule has 2 heterocycles. The van der Waals surface area contributed by atoms with Crippen LogP contribution in [-0.4, -0.2) is 11.3 Å². The minimum atomic E-state index is -0.0318. The van der Waals surface area contributed by atoms with Crippen molar-refractivity contribution in [2.24, 2.45) is 0 Å². The number of fused-ring (bicyclic) bond motifs is 1. The van der Waals surface area contributed by atoms with E-state index in [-0.39, 0.29) is 11.3 Å². The summed E-state index contributed by atoms with van der Waals surface area (Å²) in [4.78, 5) is 13.1. The normalized spacial score (nSPS) is 18.4. The van der Waals surface area contributed by atoms with E-state index >= 15 is 0 Å². The number of carbonyl (C=O) groups is 1. The van der Waals surface area contributed by atoms with Crippen molar-refractivity contribution in [3.8, 4) is 0 Å². The fourth-order valence-corrected chi connectivity index (χ4v) is 3.26. The first-order chi connectivity index (χ1) is 9.55. The highest BCUT2D eigenvalue weighted by Crippen LogP contribution is 2.29. The number of rotatable bonds is 2. The van der Waals surface area contributed by atoms with Crippen molar-refractivity contribution < 1.29 is 4.79 Å². The summed E-state index contributed by atoms with van der Waals surface area (Å²) in [6.07, 6.45) is 2.69. The summed E-state index contributed by atoms with van der Waals surface area (Å²) in [6.45, 7) is 4.32. The van der Waals surface area contributed by atoms with Crippen molar-refractivity contribution in [1.29, 1.82) is 0 Å². The Labute approximate surface area is 123 Å². The molecular formula is C17H17NOS. The van der Waals surface area contributed by atoms with Gasteiger partial charge in [-0.15, -0.1) is 11.3 Å². The maximum atomic E-state index is 12.3. The number of benzene rings is 1. The Bertz CT molecular complexity index is 668. The van der Waals surface area contributed by atoms with Gasteiger partial charge in [0, 0.05) is 22.9 Å². The second-order valence-electron chi connectivity index (χ2n) is 5.74. The van der Waals surface area contributed by atoms with Gasteiger partial charge in [-0.2, -0.15) is 0 Å². The summed E-state index contributed by atoms with van der Waals surface area (Å²) in [5.41, 5.74) is 3.32. The van der Waals surface area contributed by atoms with Gasteiger partial charge in [-0.1, -0.05) is 30.3 Å². The van der Waals surface area contributed by atoms with Crippen molar-refractivity contribution in [3.05, 3.63) is 63.9 Å². The Hall–Kier alpha value is -1.87. The van der Waals surface area contributed by atoms with Gasteiger partial charge in [0.15, 0.2) is 5.78 Å². The van der Waals surface area contributed by atoms with Gasteiger partial charge in [0.25, 0.3) is 0 Å². The van der Waals surface area contributed by atoms with Gasteiger partial charge in [-0.3, -0.25) is 4.79 Å². The summed E-state index contributed by atoms with van der Waals surface area (Å²) in [5.74, 6) is 0.0648. The van der Waals surface area contributed by atoms with Crippen LogP contribution in [0.2, 0.25) is 0 Å². The molecule has 0 fully saturated rings. The molecule has 2 nitrogen and oxygen atoms in total. The van der Waals surface area contributed by atoms with Gasteiger partial charge in [0.05, 0.1) is 4.88 Å². The highest BCUT2D eigenvalue weighted by Gasteiger charge is 2.27. The molecule has 0 saturated carbocycles. The van der Waals surface area contributed by atoms with E-state index in [1.165, 1.54) is 16.9 Å². The molecule has 1 N–H and O–H groups in total. The Balaban J connectivity index is 2.02. The SMILES string of the molecule is CC1(C)Cc2ccccc2/C(=C/C(=O)c2cccs2)N1. The Kier molecular flexibility index (Phi) is 3.22. The molecule has 0 bridgehead atoms. The van der Waals surface area contributed by atoms with Crippen LogP contribution < -0.4 is 5.32 Å². The van der Waals surface area contributed by atoms with Crippen LogP contribution in [0.3, 0.4) is 0 Å². The van der Waals surface area contributed by atoms with Crippen LogP contribution in [0.5, 0.6) is 0 Å². The summed E-state index contributed by atoms with van der Waals surface area (Å²) in [6, 6.07) is 12.1. The van der Waals surface area contributed by atoms with Crippen LogP contribution in [0.15, 0.2) is 47.9 Å². The zero-order valence-corrected chi connectivity index (χ0v) is 12.5. The molecule has 0 atom stereocenters. The van der Waals surface area contributed by atoms with Crippen LogP contribution >= 0.6 is 11.3 Å². The van der Waals surface area contributed by atoms with E-state index in [1.807, 2.05) is 23.6 Å². The first-order valence-corrected chi connectivity index (χ1v) is 7.59.